The van der Waals surface area contributed by atoms with Gasteiger partial charge in [0.25, 0.3) is 0 Å². The van der Waals surface area contributed by atoms with Crippen LogP contribution in [0.25, 0.3) is 0 Å². The third kappa shape index (κ3) is 4.34. The Hall–Kier alpha value is -1.71. The molecule has 0 spiro atoms. The van der Waals surface area contributed by atoms with Gasteiger partial charge in [0.05, 0.1) is 19.3 Å². The molecule has 17 heavy (non-hydrogen) atoms. The average Bonchev–Trinajstić information content (AvgIpc) is 2.23. The lowest BCUT2D eigenvalue weighted by Gasteiger charge is -2.19. The normalized spacial score (nSPS) is 11.1. The molecule has 0 bridgehead atoms. The van der Waals surface area contributed by atoms with Crippen LogP contribution in [0.15, 0.2) is 18.2 Å². The van der Waals surface area contributed by atoms with Crippen molar-refractivity contribution in [2.45, 2.75) is 20.8 Å². The molecule has 94 valence electrons. The molecule has 1 aromatic rings. The molecule has 0 heterocycles. The van der Waals surface area contributed by atoms with Crippen molar-refractivity contribution in [3.8, 4) is 11.5 Å². The molecule has 0 radical (unpaired) electrons. The van der Waals surface area contributed by atoms with Gasteiger partial charge in [-0.3, -0.25) is 0 Å². The van der Waals surface area contributed by atoms with E-state index in [0.29, 0.717) is 12.4 Å². The van der Waals surface area contributed by atoms with Crippen LogP contribution < -0.4 is 4.74 Å². The number of phenols is 1. The third-order valence-electron chi connectivity index (χ3n) is 1.98. The standard InChI is InChI=1S/C13H18O4/c1-13(2,3)8-17-11-6-9(12(15)16-4)5-10(14)7-11/h5-7,14H,8H2,1-4H3. The van der Waals surface area contributed by atoms with E-state index in [9.17, 15) is 9.90 Å². The van der Waals surface area contributed by atoms with Gasteiger partial charge < -0.3 is 14.6 Å². The summed E-state index contributed by atoms with van der Waals surface area (Å²) in [6.07, 6.45) is 0. The Balaban J connectivity index is 2.86. The van der Waals surface area contributed by atoms with Gasteiger partial charge in [-0.05, 0) is 17.5 Å². The molecular formula is C13H18O4. The molecule has 1 rings (SSSR count). The molecule has 0 saturated carbocycles. The Morgan fingerprint density at radius 2 is 1.94 bits per heavy atom. The zero-order valence-electron chi connectivity index (χ0n) is 10.6. The number of carbonyl (C=O) groups is 1. The Kier molecular flexibility index (Phi) is 3.99. The van der Waals surface area contributed by atoms with E-state index in [1.165, 1.54) is 19.2 Å². The summed E-state index contributed by atoms with van der Waals surface area (Å²) in [5.74, 6) is -0.0568. The summed E-state index contributed by atoms with van der Waals surface area (Å²) in [5, 5.41) is 9.48. The minimum atomic E-state index is -0.499. The second kappa shape index (κ2) is 5.08. The number of aromatic hydroxyl groups is 1. The smallest absolute Gasteiger partial charge is 0.338 e. The molecule has 0 aliphatic heterocycles. The fourth-order valence-electron chi connectivity index (χ4n) is 1.20. The lowest BCUT2D eigenvalue weighted by molar-refractivity contribution is 0.0599. The zero-order chi connectivity index (χ0) is 13.1. The maximum Gasteiger partial charge on any atom is 0.338 e. The Labute approximate surface area is 101 Å². The molecule has 4 nitrogen and oxygen atoms in total. The first-order chi connectivity index (χ1) is 7.81. The number of ether oxygens (including phenoxy) is 2. The summed E-state index contributed by atoms with van der Waals surface area (Å²) in [4.78, 5) is 11.3. The van der Waals surface area contributed by atoms with Crippen molar-refractivity contribution in [2.75, 3.05) is 13.7 Å². The van der Waals surface area contributed by atoms with E-state index >= 15 is 0 Å². The van der Waals surface area contributed by atoms with E-state index in [-0.39, 0.29) is 16.7 Å². The van der Waals surface area contributed by atoms with Crippen molar-refractivity contribution in [3.05, 3.63) is 23.8 Å². The molecule has 0 unspecified atom stereocenters. The average molecular weight is 238 g/mol. The van der Waals surface area contributed by atoms with Crippen molar-refractivity contribution < 1.29 is 19.4 Å². The highest BCUT2D eigenvalue weighted by Crippen LogP contribution is 2.24. The van der Waals surface area contributed by atoms with Crippen LogP contribution in [-0.4, -0.2) is 24.8 Å². The van der Waals surface area contributed by atoms with Crippen LogP contribution in [0.2, 0.25) is 0 Å². The number of benzene rings is 1. The fourth-order valence-corrected chi connectivity index (χ4v) is 1.20. The predicted molar refractivity (Wildman–Crippen MR) is 64.4 cm³/mol. The minimum Gasteiger partial charge on any atom is -0.508 e. The van der Waals surface area contributed by atoms with Crippen molar-refractivity contribution in [3.63, 3.8) is 0 Å². The topological polar surface area (TPSA) is 55.8 Å². The van der Waals surface area contributed by atoms with Crippen LogP contribution in [0.5, 0.6) is 11.5 Å². The Bertz CT molecular complexity index is 404. The van der Waals surface area contributed by atoms with E-state index in [2.05, 4.69) is 4.74 Å². The third-order valence-corrected chi connectivity index (χ3v) is 1.98. The summed E-state index contributed by atoms with van der Waals surface area (Å²) in [6, 6.07) is 4.37. The van der Waals surface area contributed by atoms with E-state index in [4.69, 9.17) is 4.74 Å². The highest BCUT2D eigenvalue weighted by molar-refractivity contribution is 5.90. The predicted octanol–water partition coefficient (Wildman–Crippen LogP) is 2.60. The Morgan fingerprint density at radius 1 is 1.29 bits per heavy atom. The van der Waals surface area contributed by atoms with Gasteiger partial charge in [-0.15, -0.1) is 0 Å². The number of carbonyl (C=O) groups excluding carboxylic acids is 1. The molecule has 0 fully saturated rings. The number of phenolic OH excluding ortho intramolecular Hbond substituents is 1. The SMILES string of the molecule is COC(=O)c1cc(O)cc(OCC(C)(C)C)c1. The number of hydrogen-bond acceptors (Lipinski definition) is 4. The van der Waals surface area contributed by atoms with E-state index in [1.807, 2.05) is 20.8 Å². The van der Waals surface area contributed by atoms with Gasteiger partial charge in [-0.25, -0.2) is 4.79 Å². The van der Waals surface area contributed by atoms with Gasteiger partial charge in [0.2, 0.25) is 0 Å². The first-order valence-corrected chi connectivity index (χ1v) is 5.37. The number of hydrogen-bond donors (Lipinski definition) is 1. The largest absolute Gasteiger partial charge is 0.508 e. The van der Waals surface area contributed by atoms with Crippen LogP contribution in [-0.2, 0) is 4.74 Å². The first kappa shape index (κ1) is 13.4. The molecule has 1 aromatic carbocycles. The summed E-state index contributed by atoms with van der Waals surface area (Å²) < 4.78 is 10.1. The van der Waals surface area contributed by atoms with Gasteiger partial charge in [-0.2, -0.15) is 0 Å². The first-order valence-electron chi connectivity index (χ1n) is 5.37. The molecule has 1 N–H and O–H groups in total. The van der Waals surface area contributed by atoms with Crippen LogP contribution in [0.4, 0.5) is 0 Å². The van der Waals surface area contributed by atoms with Gasteiger partial charge in [-0.1, -0.05) is 20.8 Å². The molecule has 0 atom stereocenters. The second-order valence-corrected chi connectivity index (χ2v) is 5.06. The molecule has 0 aliphatic carbocycles. The zero-order valence-corrected chi connectivity index (χ0v) is 10.6. The van der Waals surface area contributed by atoms with E-state index in [0.717, 1.165) is 0 Å². The molecule has 0 amide bonds. The molecule has 0 aliphatic rings. The summed E-state index contributed by atoms with van der Waals surface area (Å²) in [7, 11) is 1.29. The fraction of sp³-hybridized carbons (Fsp3) is 0.462. The van der Waals surface area contributed by atoms with Crippen molar-refractivity contribution in [2.24, 2.45) is 5.41 Å². The summed E-state index contributed by atoms with van der Waals surface area (Å²) >= 11 is 0. The van der Waals surface area contributed by atoms with E-state index in [1.54, 1.807) is 6.07 Å². The number of rotatable bonds is 3. The monoisotopic (exact) mass is 238 g/mol. The molecular weight excluding hydrogens is 220 g/mol. The van der Waals surface area contributed by atoms with Crippen molar-refractivity contribution >= 4 is 5.97 Å². The second-order valence-electron chi connectivity index (χ2n) is 5.06. The quantitative estimate of drug-likeness (QED) is 0.822. The number of methoxy groups -OCH3 is 1. The van der Waals surface area contributed by atoms with Gasteiger partial charge in [0.15, 0.2) is 0 Å². The summed E-state index contributed by atoms with van der Waals surface area (Å²) in [5.41, 5.74) is 0.285. The van der Waals surface area contributed by atoms with Crippen LogP contribution >= 0.6 is 0 Å². The van der Waals surface area contributed by atoms with Crippen LogP contribution in [0.3, 0.4) is 0 Å². The minimum absolute atomic E-state index is 0.0108. The summed E-state index contributed by atoms with van der Waals surface area (Å²) in [6.45, 7) is 6.61. The molecule has 0 aromatic heterocycles. The van der Waals surface area contributed by atoms with Crippen molar-refractivity contribution in [1.29, 1.82) is 0 Å². The maximum absolute atomic E-state index is 11.3. The van der Waals surface area contributed by atoms with Crippen LogP contribution in [0, 0.1) is 5.41 Å². The van der Waals surface area contributed by atoms with E-state index < -0.39 is 5.97 Å². The number of esters is 1. The van der Waals surface area contributed by atoms with Gasteiger partial charge >= 0.3 is 5.97 Å². The van der Waals surface area contributed by atoms with Gasteiger partial charge in [0.1, 0.15) is 11.5 Å². The van der Waals surface area contributed by atoms with Gasteiger partial charge in [0, 0.05) is 6.07 Å². The lowest BCUT2D eigenvalue weighted by atomic mass is 9.99. The molecule has 4 heteroatoms. The van der Waals surface area contributed by atoms with Crippen LogP contribution in [0.1, 0.15) is 31.1 Å². The maximum atomic E-state index is 11.3. The Morgan fingerprint density at radius 3 is 2.47 bits per heavy atom. The highest BCUT2D eigenvalue weighted by atomic mass is 16.5. The van der Waals surface area contributed by atoms with Crippen molar-refractivity contribution in [1.82, 2.24) is 0 Å². The highest BCUT2D eigenvalue weighted by Gasteiger charge is 2.13. The molecule has 0 saturated heterocycles. The lowest BCUT2D eigenvalue weighted by Crippen LogP contribution is -2.17.